The highest BCUT2D eigenvalue weighted by Gasteiger charge is 2.05. The standard InChI is InChI=1S/C12H11N3O/c13-7-16-8-3-4-9-10-2-1-5-14-12(10)15-11(9)6-8/h1-6H,7,13H2,(H,14,15). The summed E-state index contributed by atoms with van der Waals surface area (Å²) >= 11 is 0. The summed E-state index contributed by atoms with van der Waals surface area (Å²) in [6.45, 7) is 0.185. The van der Waals surface area contributed by atoms with Crippen molar-refractivity contribution in [2.45, 2.75) is 0 Å². The largest absolute Gasteiger partial charge is 0.479 e. The highest BCUT2D eigenvalue weighted by atomic mass is 16.5. The lowest BCUT2D eigenvalue weighted by atomic mass is 10.2. The van der Waals surface area contributed by atoms with Gasteiger partial charge in [0.2, 0.25) is 0 Å². The van der Waals surface area contributed by atoms with E-state index in [2.05, 4.69) is 9.97 Å². The summed E-state index contributed by atoms with van der Waals surface area (Å²) in [7, 11) is 0. The molecule has 0 radical (unpaired) electrons. The number of benzene rings is 1. The summed E-state index contributed by atoms with van der Waals surface area (Å²) in [6.07, 6.45) is 1.77. The molecule has 0 aliphatic rings. The van der Waals surface area contributed by atoms with E-state index < -0.39 is 0 Å². The van der Waals surface area contributed by atoms with E-state index >= 15 is 0 Å². The zero-order chi connectivity index (χ0) is 11.0. The Bertz CT molecular complexity index is 645. The van der Waals surface area contributed by atoms with E-state index in [0.717, 1.165) is 27.7 Å². The van der Waals surface area contributed by atoms with Gasteiger partial charge in [0, 0.05) is 23.0 Å². The fourth-order valence-electron chi connectivity index (χ4n) is 1.90. The molecule has 0 amide bonds. The molecule has 0 atom stereocenters. The van der Waals surface area contributed by atoms with Crippen molar-refractivity contribution in [2.24, 2.45) is 5.73 Å². The van der Waals surface area contributed by atoms with Crippen LogP contribution in [0.25, 0.3) is 21.9 Å². The van der Waals surface area contributed by atoms with Crippen molar-refractivity contribution in [3.05, 3.63) is 36.5 Å². The fourth-order valence-corrected chi connectivity index (χ4v) is 1.90. The molecule has 2 aromatic heterocycles. The minimum atomic E-state index is 0.185. The van der Waals surface area contributed by atoms with Gasteiger partial charge in [-0.15, -0.1) is 0 Å². The van der Waals surface area contributed by atoms with E-state index in [4.69, 9.17) is 10.5 Å². The normalized spacial score (nSPS) is 11.1. The molecule has 0 aliphatic heterocycles. The summed E-state index contributed by atoms with van der Waals surface area (Å²) < 4.78 is 5.25. The molecule has 2 heterocycles. The molecule has 0 saturated heterocycles. The summed E-state index contributed by atoms with van der Waals surface area (Å²) in [6, 6.07) is 9.84. The van der Waals surface area contributed by atoms with Crippen LogP contribution in [0, 0.1) is 0 Å². The number of aromatic nitrogens is 2. The summed E-state index contributed by atoms with van der Waals surface area (Å²) in [4.78, 5) is 7.52. The van der Waals surface area contributed by atoms with Gasteiger partial charge in [-0.3, -0.25) is 5.73 Å². The number of H-pyrrole nitrogens is 1. The zero-order valence-electron chi connectivity index (χ0n) is 8.60. The number of nitrogens with zero attached hydrogens (tertiary/aromatic N) is 1. The third kappa shape index (κ3) is 1.31. The van der Waals surface area contributed by atoms with Gasteiger partial charge in [-0.05, 0) is 24.3 Å². The van der Waals surface area contributed by atoms with Crippen molar-refractivity contribution >= 4 is 21.9 Å². The molecule has 0 bridgehead atoms. The SMILES string of the molecule is NCOc1ccc2c(c1)[nH]c1ncccc12. The minimum absolute atomic E-state index is 0.185. The number of nitrogens with two attached hydrogens (primary N) is 1. The highest BCUT2D eigenvalue weighted by Crippen LogP contribution is 2.26. The van der Waals surface area contributed by atoms with Gasteiger partial charge in [0.25, 0.3) is 0 Å². The molecule has 0 fully saturated rings. The van der Waals surface area contributed by atoms with Gasteiger partial charge in [0.15, 0.2) is 0 Å². The quantitative estimate of drug-likeness (QED) is 0.640. The van der Waals surface area contributed by atoms with Crippen molar-refractivity contribution < 1.29 is 4.74 Å². The third-order valence-electron chi connectivity index (χ3n) is 2.59. The van der Waals surface area contributed by atoms with Crippen LogP contribution in [0.2, 0.25) is 0 Å². The Labute approximate surface area is 92.0 Å². The molecular formula is C12H11N3O. The van der Waals surface area contributed by atoms with E-state index in [9.17, 15) is 0 Å². The van der Waals surface area contributed by atoms with Crippen LogP contribution >= 0.6 is 0 Å². The Hall–Kier alpha value is -2.07. The number of pyridine rings is 1. The van der Waals surface area contributed by atoms with E-state index in [-0.39, 0.29) is 6.73 Å². The molecule has 3 aromatic rings. The monoisotopic (exact) mass is 213 g/mol. The highest BCUT2D eigenvalue weighted by molar-refractivity contribution is 6.06. The molecule has 4 nitrogen and oxygen atoms in total. The average Bonchev–Trinajstić information content (AvgIpc) is 2.67. The maximum atomic E-state index is 5.33. The van der Waals surface area contributed by atoms with Gasteiger partial charge >= 0.3 is 0 Å². The molecule has 80 valence electrons. The summed E-state index contributed by atoms with van der Waals surface area (Å²) in [5.74, 6) is 0.765. The van der Waals surface area contributed by atoms with Crippen LogP contribution in [0.4, 0.5) is 0 Å². The molecule has 0 aliphatic carbocycles. The molecule has 16 heavy (non-hydrogen) atoms. The van der Waals surface area contributed by atoms with Crippen molar-refractivity contribution in [1.82, 2.24) is 9.97 Å². The van der Waals surface area contributed by atoms with Crippen molar-refractivity contribution in [2.75, 3.05) is 6.73 Å². The van der Waals surface area contributed by atoms with Gasteiger partial charge in [0.1, 0.15) is 18.1 Å². The predicted molar refractivity (Wildman–Crippen MR) is 63.3 cm³/mol. The Balaban J connectivity index is 2.28. The van der Waals surface area contributed by atoms with E-state index in [1.165, 1.54) is 0 Å². The molecule has 4 heteroatoms. The van der Waals surface area contributed by atoms with E-state index in [1.807, 2.05) is 30.3 Å². The smallest absolute Gasteiger partial charge is 0.138 e. The fraction of sp³-hybridized carbons (Fsp3) is 0.0833. The Morgan fingerprint density at radius 3 is 3.06 bits per heavy atom. The van der Waals surface area contributed by atoms with Gasteiger partial charge in [0.05, 0.1) is 5.52 Å². The van der Waals surface area contributed by atoms with E-state index in [1.54, 1.807) is 6.20 Å². The van der Waals surface area contributed by atoms with E-state index in [0.29, 0.717) is 0 Å². The number of rotatable bonds is 2. The van der Waals surface area contributed by atoms with Crippen LogP contribution < -0.4 is 10.5 Å². The maximum absolute atomic E-state index is 5.33. The Morgan fingerprint density at radius 1 is 1.25 bits per heavy atom. The number of hydrogen-bond acceptors (Lipinski definition) is 3. The number of aromatic amines is 1. The Kier molecular flexibility index (Phi) is 2.01. The van der Waals surface area contributed by atoms with Crippen LogP contribution in [-0.4, -0.2) is 16.7 Å². The lowest BCUT2D eigenvalue weighted by Crippen LogP contribution is -2.06. The average molecular weight is 213 g/mol. The second-order valence-corrected chi connectivity index (χ2v) is 3.54. The zero-order valence-corrected chi connectivity index (χ0v) is 8.60. The number of nitrogens with one attached hydrogen (secondary N) is 1. The van der Waals surface area contributed by atoms with Crippen molar-refractivity contribution in [3.63, 3.8) is 0 Å². The summed E-state index contributed by atoms with van der Waals surface area (Å²) in [5.41, 5.74) is 7.24. The maximum Gasteiger partial charge on any atom is 0.138 e. The first kappa shape index (κ1) is 9.18. The van der Waals surface area contributed by atoms with Crippen LogP contribution in [0.1, 0.15) is 0 Å². The predicted octanol–water partition coefficient (Wildman–Crippen LogP) is 2.01. The molecule has 3 rings (SSSR count). The van der Waals surface area contributed by atoms with Crippen LogP contribution in [0.3, 0.4) is 0 Å². The molecule has 0 unspecified atom stereocenters. The first-order chi connectivity index (χ1) is 7.88. The molecule has 0 spiro atoms. The first-order valence-electron chi connectivity index (χ1n) is 5.08. The number of fused-ring (bicyclic) bond motifs is 3. The van der Waals surface area contributed by atoms with Crippen molar-refractivity contribution in [3.8, 4) is 5.75 Å². The van der Waals surface area contributed by atoms with Crippen molar-refractivity contribution in [1.29, 1.82) is 0 Å². The van der Waals surface area contributed by atoms with Gasteiger partial charge in [-0.2, -0.15) is 0 Å². The third-order valence-corrected chi connectivity index (χ3v) is 2.59. The number of ether oxygens (including phenoxy) is 1. The lowest BCUT2D eigenvalue weighted by Gasteiger charge is -2.01. The van der Waals surface area contributed by atoms with Crippen LogP contribution in [0.5, 0.6) is 5.75 Å². The molecular weight excluding hydrogens is 202 g/mol. The topological polar surface area (TPSA) is 63.9 Å². The van der Waals surface area contributed by atoms with Gasteiger partial charge < -0.3 is 9.72 Å². The Morgan fingerprint density at radius 2 is 2.19 bits per heavy atom. The van der Waals surface area contributed by atoms with Gasteiger partial charge in [-0.1, -0.05) is 0 Å². The minimum Gasteiger partial charge on any atom is -0.479 e. The second kappa shape index (κ2) is 3.50. The molecule has 1 aromatic carbocycles. The second-order valence-electron chi connectivity index (χ2n) is 3.54. The lowest BCUT2D eigenvalue weighted by molar-refractivity contribution is 0.330. The van der Waals surface area contributed by atoms with Gasteiger partial charge in [-0.25, -0.2) is 4.98 Å². The molecule has 0 saturated carbocycles. The van der Waals surface area contributed by atoms with Crippen LogP contribution in [-0.2, 0) is 0 Å². The van der Waals surface area contributed by atoms with Crippen LogP contribution in [0.15, 0.2) is 36.5 Å². The summed E-state index contributed by atoms with van der Waals surface area (Å²) in [5, 5.41) is 2.27. The molecule has 3 N–H and O–H groups in total. The number of hydrogen-bond donors (Lipinski definition) is 2. The first-order valence-corrected chi connectivity index (χ1v) is 5.08.